The molecular formula is C21H24N4OS. The standard InChI is InChI=1S/C21H24N4OS/c1-13(2)8-9-27-21-23-20-22-18-10-16(15-6-4-14(3)5-7-15)11-19(26)17(18)12-25(20)24-21/h4-7,12-13,16H,8-11H2,1-3H3/t16-/m0/s1. The fraction of sp³-hybridized carbons (Fsp3) is 0.429. The first-order valence-corrected chi connectivity index (χ1v) is 10.5. The van der Waals surface area contributed by atoms with Crippen molar-refractivity contribution in [2.75, 3.05) is 5.75 Å². The molecule has 0 radical (unpaired) electrons. The van der Waals surface area contributed by atoms with E-state index in [1.54, 1.807) is 16.3 Å². The van der Waals surface area contributed by atoms with Crippen LogP contribution < -0.4 is 0 Å². The first-order chi connectivity index (χ1) is 13.0. The van der Waals surface area contributed by atoms with Crippen LogP contribution in [0.4, 0.5) is 0 Å². The van der Waals surface area contributed by atoms with Crippen molar-refractivity contribution in [2.45, 2.75) is 51.1 Å². The molecule has 0 aliphatic heterocycles. The van der Waals surface area contributed by atoms with Crippen LogP contribution in [0.5, 0.6) is 0 Å². The largest absolute Gasteiger partial charge is 0.294 e. The number of carbonyl (C=O) groups excluding carboxylic acids is 1. The number of hydrogen-bond acceptors (Lipinski definition) is 5. The summed E-state index contributed by atoms with van der Waals surface area (Å²) in [6.45, 7) is 6.50. The van der Waals surface area contributed by atoms with Crippen molar-refractivity contribution in [1.82, 2.24) is 19.6 Å². The zero-order chi connectivity index (χ0) is 19.0. The molecule has 2 heterocycles. The molecule has 2 aromatic heterocycles. The molecule has 1 atom stereocenters. The van der Waals surface area contributed by atoms with Crippen LogP contribution in [0.15, 0.2) is 35.6 Å². The summed E-state index contributed by atoms with van der Waals surface area (Å²) in [6, 6.07) is 8.45. The SMILES string of the molecule is Cc1ccc([C@@H]2CC(=O)c3cn4nc(SCCC(C)C)nc4nc3C2)cc1. The monoisotopic (exact) mass is 380 g/mol. The van der Waals surface area contributed by atoms with Crippen molar-refractivity contribution in [3.05, 3.63) is 52.8 Å². The molecule has 1 aliphatic rings. The van der Waals surface area contributed by atoms with E-state index in [1.807, 2.05) is 6.20 Å². The molecule has 0 saturated heterocycles. The van der Waals surface area contributed by atoms with Crippen molar-refractivity contribution in [2.24, 2.45) is 5.92 Å². The highest BCUT2D eigenvalue weighted by Crippen LogP contribution is 2.32. The van der Waals surface area contributed by atoms with Gasteiger partial charge in [-0.3, -0.25) is 4.79 Å². The molecule has 4 rings (SSSR count). The highest BCUT2D eigenvalue weighted by atomic mass is 32.2. The molecule has 0 saturated carbocycles. The fourth-order valence-electron chi connectivity index (χ4n) is 3.39. The molecule has 0 unspecified atom stereocenters. The van der Waals surface area contributed by atoms with Gasteiger partial charge in [-0.05, 0) is 37.2 Å². The Labute approximate surface area is 163 Å². The average molecular weight is 381 g/mol. The van der Waals surface area contributed by atoms with Gasteiger partial charge in [0, 0.05) is 18.4 Å². The van der Waals surface area contributed by atoms with E-state index in [1.165, 1.54) is 11.1 Å². The van der Waals surface area contributed by atoms with E-state index in [4.69, 9.17) is 0 Å². The molecule has 0 spiro atoms. The number of benzene rings is 1. The third kappa shape index (κ3) is 3.90. The second kappa shape index (κ2) is 7.43. The molecule has 0 N–H and O–H groups in total. The summed E-state index contributed by atoms with van der Waals surface area (Å²) in [5.74, 6) is 2.56. The minimum atomic E-state index is 0.140. The second-order valence-electron chi connectivity index (χ2n) is 7.71. The number of rotatable bonds is 5. The van der Waals surface area contributed by atoms with Gasteiger partial charge in [0.25, 0.3) is 5.78 Å². The predicted molar refractivity (Wildman–Crippen MR) is 108 cm³/mol. The average Bonchev–Trinajstić information content (AvgIpc) is 3.02. The zero-order valence-corrected chi connectivity index (χ0v) is 16.8. The topological polar surface area (TPSA) is 60.2 Å². The third-order valence-electron chi connectivity index (χ3n) is 5.04. The Bertz CT molecular complexity index is 978. The number of Topliss-reactive ketones (excluding diaryl/α,β-unsaturated/α-hetero) is 1. The van der Waals surface area contributed by atoms with Crippen molar-refractivity contribution in [3.8, 4) is 0 Å². The Kier molecular flexibility index (Phi) is 5.00. The van der Waals surface area contributed by atoms with E-state index < -0.39 is 0 Å². The van der Waals surface area contributed by atoms with Gasteiger partial charge in [-0.25, -0.2) is 9.50 Å². The van der Waals surface area contributed by atoms with Gasteiger partial charge in [0.1, 0.15) is 0 Å². The molecule has 27 heavy (non-hydrogen) atoms. The summed E-state index contributed by atoms with van der Waals surface area (Å²) < 4.78 is 1.65. The van der Waals surface area contributed by atoms with Crippen molar-refractivity contribution in [1.29, 1.82) is 0 Å². The lowest BCUT2D eigenvalue weighted by atomic mass is 9.82. The van der Waals surface area contributed by atoms with Crippen molar-refractivity contribution < 1.29 is 4.79 Å². The normalized spacial score (nSPS) is 16.9. The van der Waals surface area contributed by atoms with Gasteiger partial charge in [0.15, 0.2) is 5.78 Å². The summed E-state index contributed by atoms with van der Waals surface area (Å²) in [7, 11) is 0. The van der Waals surface area contributed by atoms with Crippen LogP contribution in [0.25, 0.3) is 5.78 Å². The zero-order valence-electron chi connectivity index (χ0n) is 16.0. The quantitative estimate of drug-likeness (QED) is 0.611. The Balaban J connectivity index is 1.59. The lowest BCUT2D eigenvalue weighted by Gasteiger charge is -2.23. The first kappa shape index (κ1) is 18.2. The number of hydrogen-bond donors (Lipinski definition) is 0. The van der Waals surface area contributed by atoms with Gasteiger partial charge >= 0.3 is 0 Å². The number of aryl methyl sites for hydroxylation is 1. The maximum absolute atomic E-state index is 12.7. The molecule has 140 valence electrons. The van der Waals surface area contributed by atoms with Crippen molar-refractivity contribution in [3.63, 3.8) is 0 Å². The Morgan fingerprint density at radius 1 is 1.19 bits per heavy atom. The van der Waals surface area contributed by atoms with Gasteiger partial charge in [-0.2, -0.15) is 4.98 Å². The van der Waals surface area contributed by atoms with Crippen LogP contribution in [-0.2, 0) is 6.42 Å². The second-order valence-corrected chi connectivity index (χ2v) is 8.77. The van der Waals surface area contributed by atoms with Crippen LogP contribution in [0.3, 0.4) is 0 Å². The third-order valence-corrected chi connectivity index (χ3v) is 5.91. The number of thioether (sulfide) groups is 1. The number of carbonyl (C=O) groups is 1. The van der Waals surface area contributed by atoms with Crippen LogP contribution in [0, 0.1) is 12.8 Å². The van der Waals surface area contributed by atoms with Crippen molar-refractivity contribution >= 4 is 23.3 Å². The maximum Gasteiger partial charge on any atom is 0.253 e. The highest BCUT2D eigenvalue weighted by molar-refractivity contribution is 7.99. The number of ketones is 1. The van der Waals surface area contributed by atoms with Crippen LogP contribution >= 0.6 is 11.8 Å². The van der Waals surface area contributed by atoms with Crippen LogP contribution in [0.1, 0.15) is 59.8 Å². The van der Waals surface area contributed by atoms with Gasteiger partial charge in [0.2, 0.25) is 5.16 Å². The van der Waals surface area contributed by atoms with Gasteiger partial charge < -0.3 is 0 Å². The van der Waals surface area contributed by atoms with Crippen LogP contribution in [0.2, 0.25) is 0 Å². The summed E-state index contributed by atoms with van der Waals surface area (Å²) in [4.78, 5) is 21.9. The molecular weight excluding hydrogens is 356 g/mol. The summed E-state index contributed by atoms with van der Waals surface area (Å²) >= 11 is 1.65. The fourth-order valence-corrected chi connectivity index (χ4v) is 4.45. The molecule has 0 amide bonds. The highest BCUT2D eigenvalue weighted by Gasteiger charge is 2.28. The van der Waals surface area contributed by atoms with E-state index in [0.29, 0.717) is 23.7 Å². The van der Waals surface area contributed by atoms with Crippen LogP contribution in [-0.4, -0.2) is 31.1 Å². The first-order valence-electron chi connectivity index (χ1n) is 9.48. The Hall–Kier alpha value is -2.21. The molecule has 1 aliphatic carbocycles. The molecule has 0 fully saturated rings. The smallest absolute Gasteiger partial charge is 0.253 e. The number of aromatic nitrogens is 4. The summed E-state index contributed by atoms with van der Waals surface area (Å²) in [6.07, 6.45) is 4.23. The Morgan fingerprint density at radius 2 is 1.96 bits per heavy atom. The van der Waals surface area contributed by atoms with Gasteiger partial charge in [-0.1, -0.05) is 55.4 Å². The molecule has 1 aromatic carbocycles. The van der Waals surface area contributed by atoms with E-state index in [-0.39, 0.29) is 11.7 Å². The predicted octanol–water partition coefficient (Wildman–Crippen LogP) is 4.48. The minimum absolute atomic E-state index is 0.140. The van der Waals surface area contributed by atoms with E-state index in [9.17, 15) is 4.79 Å². The lowest BCUT2D eigenvalue weighted by Crippen LogP contribution is -2.21. The molecule has 3 aromatic rings. The van der Waals surface area contributed by atoms with Gasteiger partial charge in [0.05, 0.1) is 11.3 Å². The molecule has 6 heteroatoms. The molecule has 5 nitrogen and oxygen atoms in total. The maximum atomic E-state index is 12.7. The van der Waals surface area contributed by atoms with E-state index in [0.717, 1.165) is 29.4 Å². The van der Waals surface area contributed by atoms with E-state index in [2.05, 4.69) is 60.1 Å². The molecule has 0 bridgehead atoms. The lowest BCUT2D eigenvalue weighted by molar-refractivity contribution is 0.0962. The Morgan fingerprint density at radius 3 is 2.70 bits per heavy atom. The van der Waals surface area contributed by atoms with Gasteiger partial charge in [-0.15, -0.1) is 5.10 Å². The van der Waals surface area contributed by atoms with E-state index >= 15 is 0 Å². The number of nitrogens with zero attached hydrogens (tertiary/aromatic N) is 4. The summed E-state index contributed by atoms with van der Waals surface area (Å²) in [5.41, 5.74) is 3.96. The minimum Gasteiger partial charge on any atom is -0.294 e. The number of fused-ring (bicyclic) bond motifs is 2. The summed E-state index contributed by atoms with van der Waals surface area (Å²) in [5, 5.41) is 5.22.